The van der Waals surface area contributed by atoms with E-state index in [1.54, 1.807) is 6.20 Å². The summed E-state index contributed by atoms with van der Waals surface area (Å²) >= 11 is 5.82. The quantitative estimate of drug-likeness (QED) is 0.772. The van der Waals surface area contributed by atoms with Gasteiger partial charge in [0.05, 0.1) is 0 Å². The summed E-state index contributed by atoms with van der Waals surface area (Å²) < 4.78 is 0. The lowest BCUT2D eigenvalue weighted by Crippen LogP contribution is -2.20. The zero-order valence-corrected chi connectivity index (χ0v) is 9.09. The second-order valence-electron chi connectivity index (χ2n) is 3.86. The van der Waals surface area contributed by atoms with Crippen molar-refractivity contribution >= 4 is 17.3 Å². The molecule has 0 spiro atoms. The predicted molar refractivity (Wildman–Crippen MR) is 59.7 cm³/mol. The molecule has 1 fully saturated rings. The van der Waals surface area contributed by atoms with Gasteiger partial charge in [-0.05, 0) is 37.3 Å². The molecule has 1 saturated carbocycles. The van der Waals surface area contributed by atoms with Crippen LogP contribution in [-0.2, 0) is 0 Å². The van der Waals surface area contributed by atoms with Crippen LogP contribution in [0.25, 0.3) is 0 Å². The van der Waals surface area contributed by atoms with E-state index in [1.807, 2.05) is 12.1 Å². The molecule has 0 aliphatic heterocycles. The summed E-state index contributed by atoms with van der Waals surface area (Å²) in [6.45, 7) is 2.22. The Hall–Kier alpha value is -0.760. The molecule has 14 heavy (non-hydrogen) atoms. The number of nitrogens with zero attached hydrogens (tertiary/aromatic N) is 1. The first-order valence-corrected chi connectivity index (χ1v) is 5.55. The summed E-state index contributed by atoms with van der Waals surface area (Å²) in [6, 6.07) is 4.46. The van der Waals surface area contributed by atoms with Gasteiger partial charge in [-0.15, -0.1) is 0 Å². The van der Waals surface area contributed by atoms with E-state index in [0.29, 0.717) is 11.2 Å². The molecule has 1 N–H and O–H groups in total. The monoisotopic (exact) mass is 210 g/mol. The fourth-order valence-corrected chi connectivity index (χ4v) is 1.93. The fraction of sp³-hybridized carbons (Fsp3) is 0.545. The maximum Gasteiger partial charge on any atom is 0.131 e. The lowest BCUT2D eigenvalue weighted by Gasteiger charge is -2.17. The lowest BCUT2D eigenvalue weighted by atomic mass is 10.1. The molecular formula is C11H15ClN2. The third kappa shape index (κ3) is 2.38. The Labute approximate surface area is 89.7 Å². The average molecular weight is 211 g/mol. The number of hydrogen-bond acceptors (Lipinski definition) is 2. The van der Waals surface area contributed by atoms with E-state index in [1.165, 1.54) is 19.3 Å². The van der Waals surface area contributed by atoms with E-state index in [4.69, 9.17) is 11.6 Å². The highest BCUT2D eigenvalue weighted by atomic mass is 35.5. The van der Waals surface area contributed by atoms with E-state index in [-0.39, 0.29) is 0 Å². The van der Waals surface area contributed by atoms with E-state index in [9.17, 15) is 0 Å². The molecule has 1 aliphatic carbocycles. The second-order valence-corrected chi connectivity index (χ2v) is 4.25. The molecule has 1 unspecified atom stereocenters. The van der Waals surface area contributed by atoms with Crippen LogP contribution < -0.4 is 5.32 Å². The Morgan fingerprint density at radius 2 is 2.43 bits per heavy atom. The van der Waals surface area contributed by atoms with E-state index in [0.717, 1.165) is 11.6 Å². The van der Waals surface area contributed by atoms with Gasteiger partial charge in [0.15, 0.2) is 0 Å². The van der Waals surface area contributed by atoms with Crippen LogP contribution in [-0.4, -0.2) is 11.0 Å². The van der Waals surface area contributed by atoms with Gasteiger partial charge in [-0.25, -0.2) is 4.98 Å². The maximum atomic E-state index is 5.82. The summed E-state index contributed by atoms with van der Waals surface area (Å²) in [5.41, 5.74) is 1.09. The van der Waals surface area contributed by atoms with Crippen LogP contribution in [0.5, 0.6) is 0 Å². The molecule has 1 aliphatic rings. The number of aromatic nitrogens is 1. The van der Waals surface area contributed by atoms with Crippen LogP contribution in [0.2, 0.25) is 5.15 Å². The Morgan fingerprint density at radius 1 is 1.64 bits per heavy atom. The van der Waals surface area contributed by atoms with Crippen LogP contribution in [0, 0.1) is 5.92 Å². The van der Waals surface area contributed by atoms with E-state index >= 15 is 0 Å². The third-order valence-corrected chi connectivity index (χ3v) is 2.92. The van der Waals surface area contributed by atoms with Crippen molar-refractivity contribution in [1.82, 2.24) is 4.98 Å². The van der Waals surface area contributed by atoms with Crippen LogP contribution >= 0.6 is 11.6 Å². The van der Waals surface area contributed by atoms with E-state index in [2.05, 4.69) is 17.2 Å². The number of halogens is 1. The summed E-state index contributed by atoms with van der Waals surface area (Å²) in [5.74, 6) is 0.868. The maximum absolute atomic E-state index is 5.82. The zero-order valence-electron chi connectivity index (χ0n) is 8.33. The van der Waals surface area contributed by atoms with Crippen molar-refractivity contribution in [1.29, 1.82) is 0 Å². The van der Waals surface area contributed by atoms with Crippen molar-refractivity contribution in [2.75, 3.05) is 5.32 Å². The van der Waals surface area contributed by atoms with Crippen LogP contribution in [0.15, 0.2) is 18.3 Å². The lowest BCUT2D eigenvalue weighted by molar-refractivity contribution is 0.616. The molecule has 1 aromatic heterocycles. The first-order valence-electron chi connectivity index (χ1n) is 5.17. The Kier molecular flexibility index (Phi) is 2.92. The van der Waals surface area contributed by atoms with Crippen molar-refractivity contribution < 1.29 is 0 Å². The number of pyridine rings is 1. The van der Waals surface area contributed by atoms with Gasteiger partial charge in [0.1, 0.15) is 5.15 Å². The molecule has 3 heteroatoms. The van der Waals surface area contributed by atoms with Gasteiger partial charge in [-0.3, -0.25) is 0 Å². The number of nitrogens with one attached hydrogen (secondary N) is 1. The highest BCUT2D eigenvalue weighted by Gasteiger charge is 2.29. The summed E-state index contributed by atoms with van der Waals surface area (Å²) in [5, 5.41) is 4.06. The van der Waals surface area contributed by atoms with Crippen molar-refractivity contribution in [3.8, 4) is 0 Å². The van der Waals surface area contributed by atoms with Gasteiger partial charge in [-0.2, -0.15) is 0 Å². The molecule has 0 aromatic carbocycles. The molecule has 1 heterocycles. The van der Waals surface area contributed by atoms with Crippen molar-refractivity contribution in [3.63, 3.8) is 0 Å². The molecule has 0 saturated heterocycles. The summed E-state index contributed by atoms with van der Waals surface area (Å²) in [4.78, 5) is 3.96. The first kappa shape index (κ1) is 9.78. The van der Waals surface area contributed by atoms with Crippen LogP contribution in [0.3, 0.4) is 0 Å². The van der Waals surface area contributed by atoms with Crippen molar-refractivity contribution in [2.45, 2.75) is 32.2 Å². The largest absolute Gasteiger partial charge is 0.382 e. The summed E-state index contributed by atoms with van der Waals surface area (Å²) in [7, 11) is 0. The number of anilines is 1. The second kappa shape index (κ2) is 4.18. The molecular weight excluding hydrogens is 196 g/mol. The molecule has 0 bridgehead atoms. The van der Waals surface area contributed by atoms with Crippen molar-refractivity contribution in [2.24, 2.45) is 5.92 Å². The van der Waals surface area contributed by atoms with Crippen LogP contribution in [0.4, 0.5) is 5.69 Å². The molecule has 1 aromatic rings. The minimum Gasteiger partial charge on any atom is -0.382 e. The molecule has 76 valence electrons. The predicted octanol–water partition coefficient (Wildman–Crippen LogP) is 3.34. The highest BCUT2D eigenvalue weighted by molar-refractivity contribution is 6.29. The first-order chi connectivity index (χ1) is 6.79. The van der Waals surface area contributed by atoms with Gasteiger partial charge in [-0.1, -0.05) is 18.5 Å². The number of rotatable bonds is 4. The highest BCUT2D eigenvalue weighted by Crippen LogP contribution is 2.35. The molecule has 0 radical (unpaired) electrons. The van der Waals surface area contributed by atoms with E-state index < -0.39 is 0 Å². The van der Waals surface area contributed by atoms with Gasteiger partial charge in [0.25, 0.3) is 0 Å². The normalized spacial score (nSPS) is 17.9. The van der Waals surface area contributed by atoms with Gasteiger partial charge in [0, 0.05) is 17.9 Å². The molecule has 0 amide bonds. The third-order valence-electron chi connectivity index (χ3n) is 2.71. The Bertz CT molecular complexity index is 310. The van der Waals surface area contributed by atoms with Crippen molar-refractivity contribution in [3.05, 3.63) is 23.5 Å². The summed E-state index contributed by atoms with van der Waals surface area (Å²) in [6.07, 6.45) is 5.64. The minimum atomic E-state index is 0.556. The SMILES string of the molecule is CCC(Nc1ccnc(Cl)c1)C1CC1. The van der Waals surface area contributed by atoms with Crippen LogP contribution in [0.1, 0.15) is 26.2 Å². The molecule has 2 nitrogen and oxygen atoms in total. The minimum absolute atomic E-state index is 0.556. The molecule has 2 rings (SSSR count). The van der Waals surface area contributed by atoms with Gasteiger partial charge < -0.3 is 5.32 Å². The molecule has 1 atom stereocenters. The number of hydrogen-bond donors (Lipinski definition) is 1. The van der Waals surface area contributed by atoms with Gasteiger partial charge in [0.2, 0.25) is 0 Å². The van der Waals surface area contributed by atoms with Gasteiger partial charge >= 0.3 is 0 Å². The average Bonchev–Trinajstić information content (AvgIpc) is 2.97. The standard InChI is InChI=1S/C11H15ClN2/c1-2-10(8-3-4-8)14-9-5-6-13-11(12)7-9/h5-8,10H,2-4H2,1H3,(H,13,14). The Balaban J connectivity index is 2.01. The Morgan fingerprint density at radius 3 is 3.00 bits per heavy atom. The fourth-order valence-electron chi connectivity index (χ4n) is 1.76. The zero-order chi connectivity index (χ0) is 9.97. The topological polar surface area (TPSA) is 24.9 Å². The smallest absolute Gasteiger partial charge is 0.131 e.